The molecule has 22 heavy (non-hydrogen) atoms. The van der Waals surface area contributed by atoms with E-state index in [0.717, 1.165) is 46.7 Å². The summed E-state index contributed by atoms with van der Waals surface area (Å²) in [6.45, 7) is 1.77. The van der Waals surface area contributed by atoms with E-state index >= 15 is 0 Å². The second-order valence-electron chi connectivity index (χ2n) is 5.71. The second kappa shape index (κ2) is 5.03. The number of benzene rings is 1. The molecule has 0 atom stereocenters. The predicted molar refractivity (Wildman–Crippen MR) is 88.0 cm³/mol. The fraction of sp³-hybridized carbons (Fsp3) is 0.235. The molecule has 0 saturated heterocycles. The molecule has 2 aliphatic rings. The first-order valence-electron chi connectivity index (χ1n) is 7.38. The number of hydrogen-bond donors (Lipinski definition) is 0. The minimum absolute atomic E-state index is 0.836. The molecule has 4 rings (SSSR count). The highest BCUT2D eigenvalue weighted by Gasteiger charge is 2.19. The quantitative estimate of drug-likeness (QED) is 0.582. The van der Waals surface area contributed by atoms with Crippen molar-refractivity contribution >= 4 is 22.1 Å². The first-order valence-corrected chi connectivity index (χ1v) is 7.38. The van der Waals surface area contributed by atoms with Gasteiger partial charge in [-0.25, -0.2) is 15.0 Å². The number of fused-ring (bicyclic) bond motifs is 4. The summed E-state index contributed by atoms with van der Waals surface area (Å²) in [5.74, 6) is 0.911. The Morgan fingerprint density at radius 1 is 1.00 bits per heavy atom. The Bertz CT molecular complexity index is 925. The summed E-state index contributed by atoms with van der Waals surface area (Å²) in [4.78, 5) is 16.3. The number of hydrogen-bond acceptors (Lipinski definition) is 4. The van der Waals surface area contributed by atoms with Crippen LogP contribution in [0.4, 0.5) is 0 Å². The second-order valence-corrected chi connectivity index (χ2v) is 5.71. The third kappa shape index (κ3) is 2.02. The highest BCUT2D eigenvalue weighted by atomic mass is 15.2. The van der Waals surface area contributed by atoms with Crippen LogP contribution in [0.2, 0.25) is 0 Å². The van der Waals surface area contributed by atoms with Gasteiger partial charge in [-0.2, -0.15) is 0 Å². The van der Waals surface area contributed by atoms with Gasteiger partial charge in [0.05, 0.1) is 5.52 Å². The monoisotopic (exact) mass is 291 g/mol. The van der Waals surface area contributed by atoms with Gasteiger partial charge in [-0.1, -0.05) is 18.2 Å². The Balaban J connectivity index is 2.05. The molecule has 2 aromatic rings. The van der Waals surface area contributed by atoms with Crippen molar-refractivity contribution < 1.29 is 0 Å². The average molecular weight is 291 g/mol. The zero-order valence-corrected chi connectivity index (χ0v) is 12.7. The molecular weight excluding hydrogens is 274 g/mol. The van der Waals surface area contributed by atoms with Gasteiger partial charge < -0.3 is 9.47 Å². The molecular formula is C17H17N5. The van der Waals surface area contributed by atoms with Gasteiger partial charge in [0.15, 0.2) is 11.5 Å². The molecule has 3 heterocycles. The fourth-order valence-corrected chi connectivity index (χ4v) is 2.77. The van der Waals surface area contributed by atoms with Crippen molar-refractivity contribution in [2.75, 3.05) is 20.6 Å². The van der Waals surface area contributed by atoms with E-state index in [1.54, 1.807) is 0 Å². The molecule has 1 aromatic carbocycles. The van der Waals surface area contributed by atoms with Crippen molar-refractivity contribution in [3.05, 3.63) is 42.6 Å². The van der Waals surface area contributed by atoms with Crippen molar-refractivity contribution in [3.8, 4) is 11.5 Å². The van der Waals surface area contributed by atoms with E-state index in [9.17, 15) is 0 Å². The van der Waals surface area contributed by atoms with Gasteiger partial charge in [0.1, 0.15) is 11.2 Å². The van der Waals surface area contributed by atoms with Crippen molar-refractivity contribution in [3.63, 3.8) is 0 Å². The molecule has 0 aliphatic carbocycles. The minimum Gasteiger partial charge on any atom is -0.308 e. The van der Waals surface area contributed by atoms with Crippen LogP contribution in [0.5, 0.6) is 0 Å². The number of pyridine rings is 1. The lowest BCUT2D eigenvalue weighted by atomic mass is 10.2. The van der Waals surface area contributed by atoms with Crippen molar-refractivity contribution in [1.82, 2.24) is 24.4 Å². The number of para-hydroxylation sites is 1. The predicted octanol–water partition coefficient (Wildman–Crippen LogP) is 2.65. The van der Waals surface area contributed by atoms with Crippen molar-refractivity contribution in [2.24, 2.45) is 0 Å². The Morgan fingerprint density at radius 2 is 1.82 bits per heavy atom. The lowest BCUT2D eigenvalue weighted by molar-refractivity contribution is 0.386. The van der Waals surface area contributed by atoms with Crippen LogP contribution < -0.4 is 0 Å². The summed E-state index contributed by atoms with van der Waals surface area (Å²) in [6, 6.07) is 12.1. The largest absolute Gasteiger partial charge is 0.308 e. The standard InChI is InChI=1S/C17H17N5/c1-21(2)10-11-22-16-14(8-5-9-18-16)19-15-12-6-3-4-7-13(12)20-17(15)22/h3-9H,10-11H2,1-2H3. The Kier molecular flexibility index (Phi) is 3.01. The average Bonchev–Trinajstić information content (AvgIpc) is 2.89. The third-order valence-electron chi connectivity index (χ3n) is 3.88. The van der Waals surface area contributed by atoms with Gasteiger partial charge >= 0.3 is 0 Å². The van der Waals surface area contributed by atoms with Gasteiger partial charge in [0, 0.05) is 24.7 Å². The topological polar surface area (TPSA) is 46.8 Å². The van der Waals surface area contributed by atoms with E-state index in [1.165, 1.54) is 0 Å². The van der Waals surface area contributed by atoms with Crippen LogP contribution in [0.1, 0.15) is 0 Å². The van der Waals surface area contributed by atoms with Crippen LogP contribution in [0.3, 0.4) is 0 Å². The van der Waals surface area contributed by atoms with E-state index in [-0.39, 0.29) is 0 Å². The smallest absolute Gasteiger partial charge is 0.161 e. The Hall–Kier alpha value is -2.53. The molecule has 5 nitrogen and oxygen atoms in total. The number of nitrogens with zero attached hydrogens (tertiary/aromatic N) is 5. The molecule has 110 valence electrons. The fourth-order valence-electron chi connectivity index (χ4n) is 2.77. The highest BCUT2D eigenvalue weighted by molar-refractivity contribution is 5.96. The maximum absolute atomic E-state index is 4.79. The van der Waals surface area contributed by atoms with Crippen LogP contribution in [0.25, 0.3) is 33.6 Å². The van der Waals surface area contributed by atoms with Crippen LogP contribution in [-0.2, 0) is 6.54 Å². The van der Waals surface area contributed by atoms with Gasteiger partial charge in [-0.05, 0) is 32.3 Å². The molecule has 0 saturated carbocycles. The van der Waals surface area contributed by atoms with Crippen molar-refractivity contribution in [2.45, 2.75) is 6.54 Å². The number of likely N-dealkylation sites (N-methyl/N-ethyl adjacent to an activating group) is 1. The normalized spacial score (nSPS) is 12.0. The minimum atomic E-state index is 0.836. The van der Waals surface area contributed by atoms with Crippen molar-refractivity contribution in [1.29, 1.82) is 0 Å². The Morgan fingerprint density at radius 3 is 2.68 bits per heavy atom. The molecule has 0 bridgehead atoms. The summed E-state index contributed by atoms with van der Waals surface area (Å²) >= 11 is 0. The van der Waals surface area contributed by atoms with E-state index in [4.69, 9.17) is 9.97 Å². The van der Waals surface area contributed by atoms with Crippen LogP contribution in [0.15, 0.2) is 42.6 Å². The summed E-state index contributed by atoms with van der Waals surface area (Å²) in [5.41, 5.74) is 3.74. The lowest BCUT2D eigenvalue weighted by Crippen LogP contribution is -2.20. The zero-order valence-electron chi connectivity index (χ0n) is 12.7. The molecule has 0 radical (unpaired) electrons. The van der Waals surface area contributed by atoms with E-state index < -0.39 is 0 Å². The first kappa shape index (κ1) is 13.2. The maximum Gasteiger partial charge on any atom is 0.161 e. The number of aromatic nitrogens is 4. The zero-order chi connectivity index (χ0) is 15.1. The van der Waals surface area contributed by atoms with Gasteiger partial charge in [-0.3, -0.25) is 0 Å². The van der Waals surface area contributed by atoms with E-state index in [0.29, 0.717) is 0 Å². The Labute approximate surface area is 128 Å². The molecule has 0 unspecified atom stereocenters. The number of rotatable bonds is 3. The van der Waals surface area contributed by atoms with Crippen LogP contribution in [0, 0.1) is 0 Å². The van der Waals surface area contributed by atoms with Crippen LogP contribution in [-0.4, -0.2) is 45.1 Å². The van der Waals surface area contributed by atoms with E-state index in [1.807, 2.05) is 36.5 Å². The molecule has 0 fully saturated rings. The summed E-state index contributed by atoms with van der Waals surface area (Å²) in [6.07, 6.45) is 1.81. The highest BCUT2D eigenvalue weighted by Crippen LogP contribution is 2.31. The van der Waals surface area contributed by atoms with E-state index in [2.05, 4.69) is 34.6 Å². The molecule has 0 N–H and O–H groups in total. The molecule has 0 spiro atoms. The molecule has 2 aliphatic heterocycles. The summed E-state index contributed by atoms with van der Waals surface area (Å²) in [5, 5.41) is 1.10. The SMILES string of the molecule is CN(C)CCn1c2nc3ccccc3c-2nc2cccnc21. The summed E-state index contributed by atoms with van der Waals surface area (Å²) in [7, 11) is 4.15. The van der Waals surface area contributed by atoms with Crippen LogP contribution >= 0.6 is 0 Å². The molecule has 5 heteroatoms. The van der Waals surface area contributed by atoms with Gasteiger partial charge in [0.2, 0.25) is 0 Å². The third-order valence-corrected chi connectivity index (χ3v) is 3.88. The summed E-state index contributed by atoms with van der Waals surface area (Å²) < 4.78 is 2.18. The molecule has 1 aromatic heterocycles. The maximum atomic E-state index is 4.79. The van der Waals surface area contributed by atoms with Gasteiger partial charge in [0.25, 0.3) is 0 Å². The molecule has 0 amide bonds. The first-order chi connectivity index (χ1) is 10.7. The lowest BCUT2D eigenvalue weighted by Gasteiger charge is -2.16. The van der Waals surface area contributed by atoms with Gasteiger partial charge in [-0.15, -0.1) is 0 Å².